The first-order valence-electron chi connectivity index (χ1n) is 6.76. The SMILES string of the molecule is CC(=O)c1ccccc1NC(=O)COC(=O)[C@@H]1CCCO1. The molecule has 0 bridgehead atoms. The maximum Gasteiger partial charge on any atom is 0.335 e. The van der Waals surface area contributed by atoms with Crippen molar-refractivity contribution < 1.29 is 23.9 Å². The quantitative estimate of drug-likeness (QED) is 0.657. The molecule has 0 unspecified atom stereocenters. The number of hydrogen-bond donors (Lipinski definition) is 1. The molecule has 0 aliphatic carbocycles. The van der Waals surface area contributed by atoms with Crippen molar-refractivity contribution in [1.29, 1.82) is 0 Å². The first kappa shape index (κ1) is 15.2. The van der Waals surface area contributed by atoms with Gasteiger partial charge in [0.15, 0.2) is 18.5 Å². The lowest BCUT2D eigenvalue weighted by Gasteiger charge is -2.11. The molecule has 1 heterocycles. The largest absolute Gasteiger partial charge is 0.454 e. The molecule has 0 spiro atoms. The van der Waals surface area contributed by atoms with Crippen LogP contribution in [0.15, 0.2) is 24.3 Å². The van der Waals surface area contributed by atoms with E-state index in [1.54, 1.807) is 24.3 Å². The van der Waals surface area contributed by atoms with Gasteiger partial charge < -0.3 is 14.8 Å². The molecule has 1 N–H and O–H groups in total. The lowest BCUT2D eigenvalue weighted by Crippen LogP contribution is -2.27. The number of ketones is 1. The highest BCUT2D eigenvalue weighted by Gasteiger charge is 2.25. The fourth-order valence-corrected chi connectivity index (χ4v) is 2.08. The van der Waals surface area contributed by atoms with Crippen LogP contribution in [0.4, 0.5) is 5.69 Å². The lowest BCUT2D eigenvalue weighted by molar-refractivity contribution is -0.156. The van der Waals surface area contributed by atoms with Crippen LogP contribution in [0, 0.1) is 0 Å². The Kier molecular flexibility index (Phi) is 5.05. The maximum absolute atomic E-state index is 11.8. The van der Waals surface area contributed by atoms with Gasteiger partial charge in [-0.1, -0.05) is 12.1 Å². The number of esters is 1. The smallest absolute Gasteiger partial charge is 0.335 e. The van der Waals surface area contributed by atoms with Crippen molar-refractivity contribution in [2.75, 3.05) is 18.5 Å². The molecule has 112 valence electrons. The molecular formula is C15H17NO5. The summed E-state index contributed by atoms with van der Waals surface area (Å²) in [5.74, 6) is -1.17. The van der Waals surface area contributed by atoms with Crippen molar-refractivity contribution in [3.05, 3.63) is 29.8 Å². The molecule has 1 aliphatic heterocycles. The number of nitrogens with one attached hydrogen (secondary N) is 1. The van der Waals surface area contributed by atoms with Gasteiger partial charge in [-0.05, 0) is 31.9 Å². The summed E-state index contributed by atoms with van der Waals surface area (Å²) in [5, 5.41) is 2.56. The van der Waals surface area contributed by atoms with E-state index < -0.39 is 24.6 Å². The van der Waals surface area contributed by atoms with Gasteiger partial charge in [0.2, 0.25) is 0 Å². The Morgan fingerprint density at radius 3 is 2.76 bits per heavy atom. The average Bonchev–Trinajstić information content (AvgIpc) is 2.99. The monoisotopic (exact) mass is 291 g/mol. The van der Waals surface area contributed by atoms with Crippen LogP contribution in [-0.4, -0.2) is 37.0 Å². The molecule has 0 radical (unpaired) electrons. The van der Waals surface area contributed by atoms with Gasteiger partial charge in [0.25, 0.3) is 5.91 Å². The van der Waals surface area contributed by atoms with E-state index in [2.05, 4.69) is 5.32 Å². The molecule has 6 nitrogen and oxygen atoms in total. The van der Waals surface area contributed by atoms with E-state index in [1.165, 1.54) is 6.92 Å². The molecule has 1 saturated heterocycles. The standard InChI is InChI=1S/C15H17NO5/c1-10(17)11-5-2-3-6-12(11)16-14(18)9-21-15(19)13-7-4-8-20-13/h2-3,5-6,13H,4,7-9H2,1H3,(H,16,18)/t13-/m0/s1. The molecule has 6 heteroatoms. The van der Waals surface area contributed by atoms with Crippen LogP contribution in [0.5, 0.6) is 0 Å². The van der Waals surface area contributed by atoms with Gasteiger partial charge in [-0.25, -0.2) is 4.79 Å². The summed E-state index contributed by atoms with van der Waals surface area (Å²) < 4.78 is 10.1. The summed E-state index contributed by atoms with van der Waals surface area (Å²) in [6, 6.07) is 6.66. The van der Waals surface area contributed by atoms with Gasteiger partial charge in [0, 0.05) is 12.2 Å². The zero-order valence-electron chi connectivity index (χ0n) is 11.8. The van der Waals surface area contributed by atoms with Gasteiger partial charge in [0.1, 0.15) is 0 Å². The minimum absolute atomic E-state index is 0.151. The number of benzene rings is 1. The van der Waals surface area contributed by atoms with Gasteiger partial charge in [0.05, 0.1) is 5.69 Å². The van der Waals surface area contributed by atoms with Crippen LogP contribution in [-0.2, 0) is 19.1 Å². The molecule has 0 aromatic heterocycles. The molecule has 1 aromatic rings. The number of para-hydroxylation sites is 1. The van der Waals surface area contributed by atoms with Crippen LogP contribution in [0.1, 0.15) is 30.1 Å². The van der Waals surface area contributed by atoms with Gasteiger partial charge in [-0.15, -0.1) is 0 Å². The van der Waals surface area contributed by atoms with Crippen molar-refractivity contribution in [2.45, 2.75) is 25.9 Å². The molecule has 2 rings (SSSR count). The Hall–Kier alpha value is -2.21. The number of amides is 1. The second-order valence-electron chi connectivity index (χ2n) is 4.76. The second kappa shape index (κ2) is 6.99. The van der Waals surface area contributed by atoms with E-state index in [9.17, 15) is 14.4 Å². The topological polar surface area (TPSA) is 81.7 Å². The Morgan fingerprint density at radius 2 is 2.10 bits per heavy atom. The zero-order valence-corrected chi connectivity index (χ0v) is 11.8. The summed E-state index contributed by atoms with van der Waals surface area (Å²) in [6.45, 7) is 1.56. The lowest BCUT2D eigenvalue weighted by atomic mass is 10.1. The van der Waals surface area contributed by atoms with Crippen LogP contribution in [0.25, 0.3) is 0 Å². The molecular weight excluding hydrogens is 274 g/mol. The van der Waals surface area contributed by atoms with E-state index >= 15 is 0 Å². The molecule has 1 fully saturated rings. The first-order valence-corrected chi connectivity index (χ1v) is 6.76. The van der Waals surface area contributed by atoms with E-state index in [1.807, 2.05) is 0 Å². The van der Waals surface area contributed by atoms with Gasteiger partial charge in [-0.3, -0.25) is 9.59 Å². The molecule has 1 aromatic carbocycles. The fourth-order valence-electron chi connectivity index (χ4n) is 2.08. The number of rotatable bonds is 5. The van der Waals surface area contributed by atoms with Crippen LogP contribution < -0.4 is 5.32 Å². The number of carbonyl (C=O) groups is 3. The van der Waals surface area contributed by atoms with Gasteiger partial charge in [-0.2, -0.15) is 0 Å². The predicted octanol–water partition coefficient (Wildman–Crippen LogP) is 1.55. The Balaban J connectivity index is 1.87. The minimum Gasteiger partial charge on any atom is -0.454 e. The average molecular weight is 291 g/mol. The van der Waals surface area contributed by atoms with Crippen molar-refractivity contribution in [1.82, 2.24) is 0 Å². The summed E-state index contributed by atoms with van der Waals surface area (Å²) in [4.78, 5) is 34.8. The third-order valence-electron chi connectivity index (χ3n) is 3.12. The number of ether oxygens (including phenoxy) is 2. The van der Waals surface area contributed by atoms with Crippen LogP contribution in [0.2, 0.25) is 0 Å². The van der Waals surface area contributed by atoms with Crippen molar-refractivity contribution in [3.8, 4) is 0 Å². The highest BCUT2D eigenvalue weighted by molar-refractivity contribution is 6.04. The summed E-state index contributed by atoms with van der Waals surface area (Å²) >= 11 is 0. The number of carbonyl (C=O) groups excluding carboxylic acids is 3. The summed E-state index contributed by atoms with van der Waals surface area (Å²) in [6.07, 6.45) is 0.869. The summed E-state index contributed by atoms with van der Waals surface area (Å²) in [7, 11) is 0. The van der Waals surface area contributed by atoms with E-state index in [0.717, 1.165) is 6.42 Å². The molecule has 1 atom stereocenters. The molecule has 1 amide bonds. The van der Waals surface area contributed by atoms with E-state index in [-0.39, 0.29) is 5.78 Å². The maximum atomic E-state index is 11.8. The van der Waals surface area contributed by atoms with Gasteiger partial charge >= 0.3 is 5.97 Å². The zero-order chi connectivity index (χ0) is 15.2. The number of anilines is 1. The molecule has 21 heavy (non-hydrogen) atoms. The third kappa shape index (κ3) is 4.13. The normalized spacial score (nSPS) is 17.3. The van der Waals surface area contributed by atoms with Crippen LogP contribution in [0.3, 0.4) is 0 Å². The molecule has 0 saturated carbocycles. The minimum atomic E-state index is -0.567. The Bertz CT molecular complexity index is 549. The molecule has 1 aliphatic rings. The van der Waals surface area contributed by atoms with E-state index in [4.69, 9.17) is 9.47 Å². The van der Waals surface area contributed by atoms with Crippen molar-refractivity contribution >= 4 is 23.3 Å². The highest BCUT2D eigenvalue weighted by atomic mass is 16.6. The van der Waals surface area contributed by atoms with Crippen molar-refractivity contribution in [2.24, 2.45) is 0 Å². The fraction of sp³-hybridized carbons (Fsp3) is 0.400. The summed E-state index contributed by atoms with van der Waals surface area (Å²) in [5.41, 5.74) is 0.819. The van der Waals surface area contributed by atoms with Crippen molar-refractivity contribution in [3.63, 3.8) is 0 Å². The highest BCUT2D eigenvalue weighted by Crippen LogP contribution is 2.16. The Labute approximate surface area is 122 Å². The predicted molar refractivity (Wildman–Crippen MR) is 75.0 cm³/mol. The van der Waals surface area contributed by atoms with E-state index in [0.29, 0.717) is 24.3 Å². The third-order valence-corrected chi connectivity index (χ3v) is 3.12. The first-order chi connectivity index (χ1) is 10.1. The van der Waals surface area contributed by atoms with Crippen LogP contribution >= 0.6 is 0 Å². The second-order valence-corrected chi connectivity index (χ2v) is 4.76. The number of hydrogen-bond acceptors (Lipinski definition) is 5. The Morgan fingerprint density at radius 1 is 1.33 bits per heavy atom. The number of Topliss-reactive ketones (excluding diaryl/α,β-unsaturated/α-hetero) is 1.